The molecule has 3 nitrogen and oxygen atoms in total. The molecule has 0 aromatic heterocycles. The van der Waals surface area contributed by atoms with Crippen LogP contribution in [0.1, 0.15) is 23.2 Å². The Kier molecular flexibility index (Phi) is 5.04. The van der Waals surface area contributed by atoms with E-state index in [2.05, 4.69) is 0 Å². The predicted octanol–water partition coefficient (Wildman–Crippen LogP) is 1.95. The van der Waals surface area contributed by atoms with Crippen molar-refractivity contribution in [3.05, 3.63) is 35.4 Å². The number of hydrogen-bond acceptors (Lipinski definition) is 2. The minimum atomic E-state index is -0.825. The number of amides is 1. The molecule has 100 valence electrons. The molecular formula is C12H15ClF2N2O. The van der Waals surface area contributed by atoms with Gasteiger partial charge in [0.05, 0.1) is 0 Å². The summed E-state index contributed by atoms with van der Waals surface area (Å²) in [6.45, 7) is 0.854. The van der Waals surface area contributed by atoms with Crippen molar-refractivity contribution in [3.63, 3.8) is 0 Å². The van der Waals surface area contributed by atoms with Gasteiger partial charge in [-0.25, -0.2) is 8.78 Å². The van der Waals surface area contributed by atoms with E-state index in [1.807, 2.05) is 0 Å². The number of nitrogens with zero attached hydrogens (tertiary/aromatic N) is 1. The van der Waals surface area contributed by atoms with E-state index in [-0.39, 0.29) is 18.4 Å². The van der Waals surface area contributed by atoms with Crippen molar-refractivity contribution >= 4 is 18.3 Å². The molecule has 1 aromatic rings. The summed E-state index contributed by atoms with van der Waals surface area (Å²) >= 11 is 0. The molecule has 2 rings (SSSR count). The summed E-state index contributed by atoms with van der Waals surface area (Å²) in [5, 5.41) is 0. The van der Waals surface area contributed by atoms with Gasteiger partial charge in [0, 0.05) is 19.1 Å². The lowest BCUT2D eigenvalue weighted by Crippen LogP contribution is -2.46. The van der Waals surface area contributed by atoms with Crippen molar-refractivity contribution in [2.75, 3.05) is 13.1 Å². The molecule has 1 saturated heterocycles. The predicted molar refractivity (Wildman–Crippen MR) is 66.7 cm³/mol. The fourth-order valence-corrected chi connectivity index (χ4v) is 2.05. The Morgan fingerprint density at radius 1 is 1.33 bits per heavy atom. The van der Waals surface area contributed by atoms with Crippen LogP contribution >= 0.6 is 12.4 Å². The van der Waals surface area contributed by atoms with Gasteiger partial charge in [0.15, 0.2) is 0 Å². The number of carbonyl (C=O) groups is 1. The van der Waals surface area contributed by atoms with Crippen LogP contribution in [-0.4, -0.2) is 29.9 Å². The van der Waals surface area contributed by atoms with Crippen molar-refractivity contribution < 1.29 is 13.6 Å². The molecule has 6 heteroatoms. The van der Waals surface area contributed by atoms with Crippen LogP contribution in [-0.2, 0) is 0 Å². The summed E-state index contributed by atoms with van der Waals surface area (Å²) in [5.74, 6) is -2.26. The second-order valence-corrected chi connectivity index (χ2v) is 4.25. The van der Waals surface area contributed by atoms with Gasteiger partial charge in [0.2, 0.25) is 0 Å². The van der Waals surface area contributed by atoms with Gasteiger partial charge in [0.1, 0.15) is 17.2 Å². The quantitative estimate of drug-likeness (QED) is 0.852. The summed E-state index contributed by atoms with van der Waals surface area (Å²) in [7, 11) is 0. The monoisotopic (exact) mass is 276 g/mol. The summed E-state index contributed by atoms with van der Waals surface area (Å²) in [4.78, 5) is 13.4. The van der Waals surface area contributed by atoms with Gasteiger partial charge in [-0.15, -0.1) is 12.4 Å². The van der Waals surface area contributed by atoms with Crippen LogP contribution in [0.15, 0.2) is 18.2 Å². The molecule has 0 aliphatic carbocycles. The van der Waals surface area contributed by atoms with Crippen LogP contribution in [0.5, 0.6) is 0 Å². The molecule has 1 fully saturated rings. The number of likely N-dealkylation sites (tertiary alicyclic amines) is 1. The molecule has 18 heavy (non-hydrogen) atoms. The molecule has 2 N–H and O–H groups in total. The lowest BCUT2D eigenvalue weighted by atomic mass is 10.0. The van der Waals surface area contributed by atoms with Crippen molar-refractivity contribution in [1.82, 2.24) is 4.90 Å². The molecule has 1 atom stereocenters. The molecule has 0 unspecified atom stereocenters. The highest BCUT2D eigenvalue weighted by Crippen LogP contribution is 2.17. The molecule has 1 aliphatic rings. The summed E-state index contributed by atoms with van der Waals surface area (Å²) < 4.78 is 26.9. The van der Waals surface area contributed by atoms with Crippen LogP contribution in [0.25, 0.3) is 0 Å². The number of piperidine rings is 1. The maximum Gasteiger partial charge on any atom is 0.259 e. The first-order valence-electron chi connectivity index (χ1n) is 5.58. The largest absolute Gasteiger partial charge is 0.337 e. The summed E-state index contributed by atoms with van der Waals surface area (Å²) in [6, 6.07) is 3.30. The van der Waals surface area contributed by atoms with Crippen LogP contribution in [0, 0.1) is 11.6 Å². The highest BCUT2D eigenvalue weighted by molar-refractivity contribution is 5.94. The van der Waals surface area contributed by atoms with Gasteiger partial charge < -0.3 is 10.6 Å². The fourth-order valence-electron chi connectivity index (χ4n) is 2.05. The van der Waals surface area contributed by atoms with Crippen molar-refractivity contribution in [2.24, 2.45) is 5.73 Å². The molecular weight excluding hydrogens is 262 g/mol. The number of halogens is 3. The molecule has 1 aromatic carbocycles. The van der Waals surface area contributed by atoms with E-state index in [4.69, 9.17) is 5.73 Å². The zero-order valence-corrected chi connectivity index (χ0v) is 10.6. The minimum absolute atomic E-state index is 0. The molecule has 1 amide bonds. The Balaban J connectivity index is 0.00000162. The highest BCUT2D eigenvalue weighted by Gasteiger charge is 2.26. The van der Waals surface area contributed by atoms with Gasteiger partial charge in [0.25, 0.3) is 5.91 Å². The molecule has 1 heterocycles. The van der Waals surface area contributed by atoms with Crippen LogP contribution < -0.4 is 5.73 Å². The van der Waals surface area contributed by atoms with E-state index < -0.39 is 23.1 Å². The summed E-state index contributed by atoms with van der Waals surface area (Å²) in [5.41, 5.74) is 5.25. The van der Waals surface area contributed by atoms with Gasteiger partial charge in [-0.05, 0) is 25.0 Å². The topological polar surface area (TPSA) is 46.3 Å². The Morgan fingerprint density at radius 3 is 2.50 bits per heavy atom. The van der Waals surface area contributed by atoms with Crippen LogP contribution in [0.3, 0.4) is 0 Å². The van der Waals surface area contributed by atoms with E-state index in [0.717, 1.165) is 25.0 Å². The maximum absolute atomic E-state index is 13.4. The lowest BCUT2D eigenvalue weighted by molar-refractivity contribution is 0.0699. The van der Waals surface area contributed by atoms with E-state index in [1.54, 1.807) is 0 Å². The number of rotatable bonds is 1. The Morgan fingerprint density at radius 2 is 1.94 bits per heavy atom. The zero-order valence-electron chi connectivity index (χ0n) is 9.73. The third-order valence-corrected chi connectivity index (χ3v) is 2.92. The normalized spacial score (nSPS) is 19.3. The molecule has 0 radical (unpaired) electrons. The van der Waals surface area contributed by atoms with Crippen molar-refractivity contribution in [3.8, 4) is 0 Å². The van der Waals surface area contributed by atoms with Gasteiger partial charge in [-0.3, -0.25) is 4.79 Å². The van der Waals surface area contributed by atoms with Crippen LogP contribution in [0.4, 0.5) is 8.78 Å². The molecule has 0 bridgehead atoms. The first-order valence-corrected chi connectivity index (χ1v) is 5.58. The smallest absolute Gasteiger partial charge is 0.259 e. The SMILES string of the molecule is Cl.N[C@@H]1CCCN(C(=O)c2c(F)cccc2F)C1. The third kappa shape index (κ3) is 2.97. The number of nitrogens with two attached hydrogens (primary N) is 1. The maximum atomic E-state index is 13.4. The highest BCUT2D eigenvalue weighted by atomic mass is 35.5. The Labute approximate surface area is 110 Å². The third-order valence-electron chi connectivity index (χ3n) is 2.92. The van der Waals surface area contributed by atoms with E-state index in [9.17, 15) is 13.6 Å². The van der Waals surface area contributed by atoms with E-state index >= 15 is 0 Å². The lowest BCUT2D eigenvalue weighted by Gasteiger charge is -2.30. The average Bonchev–Trinajstić information content (AvgIpc) is 2.28. The van der Waals surface area contributed by atoms with Crippen molar-refractivity contribution in [1.29, 1.82) is 0 Å². The Bertz CT molecular complexity index is 422. The van der Waals surface area contributed by atoms with Gasteiger partial charge >= 0.3 is 0 Å². The number of carbonyl (C=O) groups excluding carboxylic acids is 1. The fraction of sp³-hybridized carbons (Fsp3) is 0.417. The number of hydrogen-bond donors (Lipinski definition) is 1. The standard InChI is InChI=1S/C12H14F2N2O.ClH/c13-9-4-1-5-10(14)11(9)12(17)16-6-2-3-8(15)7-16;/h1,4-5,8H,2-3,6-7,15H2;1H/t8-;/m1./s1. The summed E-state index contributed by atoms with van der Waals surface area (Å²) in [6.07, 6.45) is 1.60. The molecule has 1 aliphatic heterocycles. The second kappa shape index (κ2) is 6.11. The Hall–Kier alpha value is -1.20. The second-order valence-electron chi connectivity index (χ2n) is 4.25. The van der Waals surface area contributed by atoms with E-state index in [1.165, 1.54) is 11.0 Å². The van der Waals surface area contributed by atoms with E-state index in [0.29, 0.717) is 13.1 Å². The van der Waals surface area contributed by atoms with Crippen molar-refractivity contribution in [2.45, 2.75) is 18.9 Å². The average molecular weight is 277 g/mol. The van der Waals surface area contributed by atoms with Crippen LogP contribution in [0.2, 0.25) is 0 Å². The minimum Gasteiger partial charge on any atom is -0.337 e. The zero-order chi connectivity index (χ0) is 12.4. The first kappa shape index (κ1) is 14.9. The number of benzene rings is 1. The molecule has 0 spiro atoms. The molecule has 0 saturated carbocycles. The van der Waals surface area contributed by atoms with Gasteiger partial charge in [-0.2, -0.15) is 0 Å². The first-order chi connectivity index (χ1) is 8.09. The van der Waals surface area contributed by atoms with Gasteiger partial charge in [-0.1, -0.05) is 6.07 Å².